The molecule has 0 aliphatic carbocycles. The van der Waals surface area contributed by atoms with Crippen molar-refractivity contribution in [3.8, 4) is 0 Å². The molecule has 0 spiro atoms. The third kappa shape index (κ3) is 4.20. The summed E-state index contributed by atoms with van der Waals surface area (Å²) in [6.07, 6.45) is 2.80. The topological polar surface area (TPSA) is 42.4 Å². The van der Waals surface area contributed by atoms with Crippen LogP contribution >= 0.6 is 0 Å². The van der Waals surface area contributed by atoms with Gasteiger partial charge in [0.05, 0.1) is 0 Å². The Labute approximate surface area is 143 Å². The SMILES string of the molecule is COCC(=O)N1CCC(c2cccc(Cc3ccccc3)n2)CC1. The fourth-order valence-electron chi connectivity index (χ4n) is 3.27. The summed E-state index contributed by atoms with van der Waals surface area (Å²) >= 11 is 0. The number of rotatable bonds is 5. The van der Waals surface area contributed by atoms with Gasteiger partial charge in [0, 0.05) is 43.9 Å². The number of likely N-dealkylation sites (tertiary alicyclic amines) is 1. The Morgan fingerprint density at radius 1 is 1.12 bits per heavy atom. The molecule has 0 unspecified atom stereocenters. The van der Waals surface area contributed by atoms with Crippen molar-refractivity contribution in [2.75, 3.05) is 26.8 Å². The Hall–Kier alpha value is -2.20. The Bertz CT molecular complexity index is 664. The molecule has 4 nitrogen and oxygen atoms in total. The molecule has 0 radical (unpaired) electrons. The quantitative estimate of drug-likeness (QED) is 0.849. The standard InChI is InChI=1S/C20H24N2O2/c1-24-15-20(23)22-12-10-17(11-13-22)19-9-5-8-18(21-19)14-16-6-3-2-4-7-16/h2-9,17H,10-15H2,1H3. The van der Waals surface area contributed by atoms with Crippen molar-refractivity contribution in [2.24, 2.45) is 0 Å². The van der Waals surface area contributed by atoms with Crippen LogP contribution in [-0.2, 0) is 16.0 Å². The first-order valence-corrected chi connectivity index (χ1v) is 8.52. The minimum Gasteiger partial charge on any atom is -0.375 e. The molecule has 0 saturated carbocycles. The predicted molar refractivity (Wildman–Crippen MR) is 93.9 cm³/mol. The van der Waals surface area contributed by atoms with Crippen molar-refractivity contribution in [2.45, 2.75) is 25.2 Å². The molecule has 1 fully saturated rings. The number of ether oxygens (including phenoxy) is 1. The van der Waals surface area contributed by atoms with Gasteiger partial charge in [-0.15, -0.1) is 0 Å². The van der Waals surface area contributed by atoms with Crippen LogP contribution in [0.3, 0.4) is 0 Å². The number of nitrogens with zero attached hydrogens (tertiary/aromatic N) is 2. The highest BCUT2D eigenvalue weighted by atomic mass is 16.5. The lowest BCUT2D eigenvalue weighted by atomic mass is 9.92. The highest BCUT2D eigenvalue weighted by molar-refractivity contribution is 5.77. The molecule has 0 atom stereocenters. The first-order chi connectivity index (χ1) is 11.8. The first-order valence-electron chi connectivity index (χ1n) is 8.52. The summed E-state index contributed by atoms with van der Waals surface area (Å²) in [6.45, 7) is 1.75. The van der Waals surface area contributed by atoms with Gasteiger partial charge >= 0.3 is 0 Å². The van der Waals surface area contributed by atoms with Crippen molar-refractivity contribution in [1.29, 1.82) is 0 Å². The van der Waals surface area contributed by atoms with Gasteiger partial charge in [-0.3, -0.25) is 9.78 Å². The summed E-state index contributed by atoms with van der Waals surface area (Å²) in [5.41, 5.74) is 3.54. The van der Waals surface area contributed by atoms with Gasteiger partial charge in [-0.1, -0.05) is 36.4 Å². The normalized spacial score (nSPS) is 15.5. The van der Waals surface area contributed by atoms with Crippen LogP contribution in [0.4, 0.5) is 0 Å². The van der Waals surface area contributed by atoms with Crippen LogP contribution in [-0.4, -0.2) is 42.6 Å². The number of methoxy groups -OCH3 is 1. The van der Waals surface area contributed by atoms with Gasteiger partial charge in [0.1, 0.15) is 6.61 Å². The smallest absolute Gasteiger partial charge is 0.248 e. The molecule has 1 aliphatic rings. The van der Waals surface area contributed by atoms with Gasteiger partial charge in [-0.25, -0.2) is 0 Å². The Morgan fingerprint density at radius 3 is 2.58 bits per heavy atom. The fraction of sp³-hybridized carbons (Fsp3) is 0.400. The predicted octanol–water partition coefficient (Wildman–Crippen LogP) is 3.02. The van der Waals surface area contributed by atoms with Gasteiger partial charge < -0.3 is 9.64 Å². The monoisotopic (exact) mass is 324 g/mol. The number of benzene rings is 1. The van der Waals surface area contributed by atoms with E-state index >= 15 is 0 Å². The maximum absolute atomic E-state index is 11.9. The summed E-state index contributed by atoms with van der Waals surface area (Å²) in [4.78, 5) is 18.7. The molecule has 1 aromatic carbocycles. The van der Waals surface area contributed by atoms with Gasteiger partial charge in [-0.2, -0.15) is 0 Å². The average molecular weight is 324 g/mol. The molecule has 1 saturated heterocycles. The number of carbonyl (C=O) groups is 1. The number of piperidine rings is 1. The summed E-state index contributed by atoms with van der Waals surface area (Å²) < 4.78 is 4.94. The molecule has 0 bridgehead atoms. The van der Waals surface area contributed by atoms with Crippen molar-refractivity contribution >= 4 is 5.91 Å². The zero-order chi connectivity index (χ0) is 16.8. The molecular weight excluding hydrogens is 300 g/mol. The molecule has 2 aromatic rings. The van der Waals surface area contributed by atoms with E-state index in [1.54, 1.807) is 7.11 Å². The molecule has 2 heterocycles. The number of pyridine rings is 1. The maximum Gasteiger partial charge on any atom is 0.248 e. The van der Waals surface area contributed by atoms with Gasteiger partial charge in [0.25, 0.3) is 0 Å². The van der Waals surface area contributed by atoms with Crippen molar-refractivity contribution in [3.63, 3.8) is 0 Å². The van der Waals surface area contributed by atoms with E-state index in [0.717, 1.165) is 43.7 Å². The van der Waals surface area contributed by atoms with Crippen molar-refractivity contribution < 1.29 is 9.53 Å². The highest BCUT2D eigenvalue weighted by Crippen LogP contribution is 2.27. The van der Waals surface area contributed by atoms with Crippen LogP contribution < -0.4 is 0 Å². The van der Waals surface area contributed by atoms with Crippen molar-refractivity contribution in [3.05, 3.63) is 65.5 Å². The Morgan fingerprint density at radius 2 is 1.88 bits per heavy atom. The number of carbonyl (C=O) groups excluding carboxylic acids is 1. The summed E-state index contributed by atoms with van der Waals surface area (Å²) in [5.74, 6) is 0.522. The fourth-order valence-corrected chi connectivity index (χ4v) is 3.27. The summed E-state index contributed by atoms with van der Waals surface area (Å²) in [6, 6.07) is 16.7. The molecule has 0 N–H and O–H groups in total. The lowest BCUT2D eigenvalue weighted by Gasteiger charge is -2.31. The second-order valence-corrected chi connectivity index (χ2v) is 6.30. The highest BCUT2D eigenvalue weighted by Gasteiger charge is 2.24. The van der Waals surface area contributed by atoms with E-state index in [1.807, 2.05) is 11.0 Å². The zero-order valence-electron chi connectivity index (χ0n) is 14.1. The van der Waals surface area contributed by atoms with Crippen LogP contribution in [0.2, 0.25) is 0 Å². The van der Waals surface area contributed by atoms with E-state index in [1.165, 1.54) is 5.56 Å². The second kappa shape index (κ2) is 8.06. The molecular formula is C20H24N2O2. The zero-order valence-corrected chi connectivity index (χ0v) is 14.1. The molecule has 3 rings (SSSR count). The molecule has 1 amide bonds. The van der Waals surface area contributed by atoms with Gasteiger partial charge in [-0.05, 0) is 30.5 Å². The van der Waals surface area contributed by atoms with Gasteiger partial charge in [0.2, 0.25) is 5.91 Å². The molecule has 126 valence electrons. The van der Waals surface area contributed by atoms with Crippen molar-refractivity contribution in [1.82, 2.24) is 9.88 Å². The minimum atomic E-state index is 0.0849. The lowest BCUT2D eigenvalue weighted by molar-refractivity contribution is -0.136. The Balaban J connectivity index is 1.62. The van der Waals surface area contributed by atoms with E-state index < -0.39 is 0 Å². The maximum atomic E-state index is 11.9. The number of hydrogen-bond donors (Lipinski definition) is 0. The van der Waals surface area contributed by atoms with Crippen LogP contribution in [0.25, 0.3) is 0 Å². The third-order valence-electron chi connectivity index (χ3n) is 4.59. The van der Waals surface area contributed by atoms with E-state index in [2.05, 4.69) is 42.5 Å². The largest absolute Gasteiger partial charge is 0.375 e. The molecule has 1 aliphatic heterocycles. The molecule has 4 heteroatoms. The first kappa shape index (κ1) is 16.7. The van der Waals surface area contributed by atoms with Gasteiger partial charge in [0.15, 0.2) is 0 Å². The van der Waals surface area contributed by atoms with E-state index in [-0.39, 0.29) is 12.5 Å². The van der Waals surface area contributed by atoms with Crippen LogP contribution in [0.5, 0.6) is 0 Å². The van der Waals surface area contributed by atoms with Crippen LogP contribution in [0.1, 0.15) is 35.7 Å². The minimum absolute atomic E-state index is 0.0849. The number of amides is 1. The van der Waals surface area contributed by atoms with E-state index in [0.29, 0.717) is 5.92 Å². The van der Waals surface area contributed by atoms with E-state index in [9.17, 15) is 4.79 Å². The second-order valence-electron chi connectivity index (χ2n) is 6.30. The Kier molecular flexibility index (Phi) is 5.59. The third-order valence-corrected chi connectivity index (χ3v) is 4.59. The molecule has 1 aromatic heterocycles. The molecule has 24 heavy (non-hydrogen) atoms. The van der Waals surface area contributed by atoms with E-state index in [4.69, 9.17) is 9.72 Å². The number of aromatic nitrogens is 1. The van der Waals surface area contributed by atoms with Crippen LogP contribution in [0, 0.1) is 0 Å². The lowest BCUT2D eigenvalue weighted by Crippen LogP contribution is -2.39. The number of hydrogen-bond acceptors (Lipinski definition) is 3. The average Bonchev–Trinajstić information content (AvgIpc) is 2.63. The van der Waals surface area contributed by atoms with Crippen LogP contribution in [0.15, 0.2) is 48.5 Å². The summed E-state index contributed by atoms with van der Waals surface area (Å²) in [7, 11) is 1.56. The summed E-state index contributed by atoms with van der Waals surface area (Å²) in [5, 5.41) is 0.